The zero-order chi connectivity index (χ0) is 13.1. The van der Waals surface area contributed by atoms with Crippen LogP contribution in [0, 0.1) is 0 Å². The van der Waals surface area contributed by atoms with E-state index in [0.717, 1.165) is 25.7 Å². The number of carbonyl (C=O) groups is 2. The van der Waals surface area contributed by atoms with Crippen molar-refractivity contribution in [1.29, 1.82) is 0 Å². The first-order chi connectivity index (χ1) is 8.11. The number of nitrogens with one attached hydrogen (secondary N) is 1. The van der Waals surface area contributed by atoms with E-state index in [-0.39, 0.29) is 6.03 Å². The van der Waals surface area contributed by atoms with Crippen LogP contribution in [0.15, 0.2) is 0 Å². The largest absolute Gasteiger partial charge is 0.479 e. The van der Waals surface area contributed by atoms with Crippen LogP contribution in [0.25, 0.3) is 0 Å². The van der Waals surface area contributed by atoms with Crippen molar-refractivity contribution in [3.05, 3.63) is 0 Å². The van der Waals surface area contributed by atoms with Gasteiger partial charge in [0.1, 0.15) is 0 Å². The maximum absolute atomic E-state index is 11.6. The first-order valence-electron chi connectivity index (χ1n) is 6.00. The lowest BCUT2D eigenvalue weighted by Gasteiger charge is -2.22. The Morgan fingerprint density at radius 1 is 1.18 bits per heavy atom. The number of aliphatic carboxylic acids is 1. The van der Waals surface area contributed by atoms with E-state index in [1.54, 1.807) is 4.90 Å². The molecule has 6 nitrogen and oxygen atoms in total. The molecule has 0 atom stereocenters. The minimum Gasteiger partial charge on any atom is -0.479 e. The molecule has 0 aromatic carbocycles. The molecular weight excluding hydrogens is 224 g/mol. The van der Waals surface area contributed by atoms with Crippen molar-refractivity contribution in [3.63, 3.8) is 0 Å². The van der Waals surface area contributed by atoms with E-state index in [9.17, 15) is 9.59 Å². The van der Waals surface area contributed by atoms with Crippen molar-refractivity contribution in [2.75, 3.05) is 19.7 Å². The molecule has 0 saturated carbocycles. The number of rotatable bonds is 9. The fourth-order valence-electron chi connectivity index (χ4n) is 1.24. The van der Waals surface area contributed by atoms with E-state index in [2.05, 4.69) is 24.2 Å². The summed E-state index contributed by atoms with van der Waals surface area (Å²) in [6.45, 7) is 4.91. The highest BCUT2D eigenvalue weighted by molar-refractivity contribution is 5.73. The standard InChI is InChI=1S/C11H22N2O4/c1-3-5-7-13(8-6-4-2)11(16)12-17-9-10(14)15/h3-9H2,1-2H3,(H,12,16)(H,14,15). The minimum atomic E-state index is -1.11. The Balaban J connectivity index is 3.97. The van der Waals surface area contributed by atoms with Gasteiger partial charge in [0.2, 0.25) is 0 Å². The molecule has 100 valence electrons. The molecule has 0 rings (SSSR count). The highest BCUT2D eigenvalue weighted by Crippen LogP contribution is 1.99. The third-order valence-electron chi connectivity index (χ3n) is 2.21. The average Bonchev–Trinajstić information content (AvgIpc) is 2.28. The van der Waals surface area contributed by atoms with Gasteiger partial charge in [-0.05, 0) is 12.8 Å². The van der Waals surface area contributed by atoms with Crippen LogP contribution in [0.4, 0.5) is 4.79 Å². The number of carbonyl (C=O) groups excluding carboxylic acids is 1. The second-order valence-corrected chi connectivity index (χ2v) is 3.78. The Kier molecular flexibility index (Phi) is 9.14. The summed E-state index contributed by atoms with van der Waals surface area (Å²) in [6, 6.07) is -0.367. The molecule has 0 radical (unpaired) electrons. The average molecular weight is 246 g/mol. The van der Waals surface area contributed by atoms with Crippen molar-refractivity contribution in [3.8, 4) is 0 Å². The summed E-state index contributed by atoms with van der Waals surface area (Å²) in [7, 11) is 0. The molecular formula is C11H22N2O4. The van der Waals surface area contributed by atoms with Crippen LogP contribution in [0.1, 0.15) is 39.5 Å². The number of hydroxylamine groups is 1. The summed E-state index contributed by atoms with van der Waals surface area (Å²) in [5.41, 5.74) is 2.14. The molecule has 0 aliphatic carbocycles. The van der Waals surface area contributed by atoms with Gasteiger partial charge in [-0.3, -0.25) is 4.84 Å². The predicted molar refractivity (Wildman–Crippen MR) is 63.5 cm³/mol. The van der Waals surface area contributed by atoms with Crippen molar-refractivity contribution in [2.24, 2.45) is 0 Å². The quantitative estimate of drug-likeness (QED) is 0.606. The zero-order valence-corrected chi connectivity index (χ0v) is 10.6. The number of urea groups is 1. The Morgan fingerprint density at radius 3 is 2.12 bits per heavy atom. The molecule has 0 aromatic heterocycles. The third kappa shape index (κ3) is 8.50. The maximum atomic E-state index is 11.6. The number of carboxylic acid groups (broad SMARTS) is 1. The monoisotopic (exact) mass is 246 g/mol. The number of amides is 2. The number of hydrogen-bond donors (Lipinski definition) is 2. The van der Waals surface area contributed by atoms with Crippen LogP contribution >= 0.6 is 0 Å². The zero-order valence-electron chi connectivity index (χ0n) is 10.6. The Labute approximate surface area is 102 Å². The number of carboxylic acids is 1. The minimum absolute atomic E-state index is 0.367. The Morgan fingerprint density at radius 2 is 1.71 bits per heavy atom. The van der Waals surface area contributed by atoms with Crippen LogP contribution in [0.3, 0.4) is 0 Å². The highest BCUT2D eigenvalue weighted by Gasteiger charge is 2.12. The van der Waals surface area contributed by atoms with Gasteiger partial charge in [-0.1, -0.05) is 26.7 Å². The van der Waals surface area contributed by atoms with Gasteiger partial charge in [-0.15, -0.1) is 0 Å². The summed E-state index contributed by atoms with van der Waals surface area (Å²) in [5, 5.41) is 8.36. The fraction of sp³-hybridized carbons (Fsp3) is 0.818. The summed E-state index contributed by atoms with van der Waals surface area (Å²) < 4.78 is 0. The number of unbranched alkanes of at least 4 members (excludes halogenated alkanes) is 2. The lowest BCUT2D eigenvalue weighted by molar-refractivity contribution is -0.144. The van der Waals surface area contributed by atoms with Gasteiger partial charge in [-0.25, -0.2) is 15.1 Å². The van der Waals surface area contributed by atoms with Crippen LogP contribution in [0.5, 0.6) is 0 Å². The third-order valence-corrected chi connectivity index (χ3v) is 2.21. The van der Waals surface area contributed by atoms with E-state index in [0.29, 0.717) is 13.1 Å². The molecule has 0 heterocycles. The molecule has 0 bridgehead atoms. The summed E-state index contributed by atoms with van der Waals surface area (Å²) in [5.74, 6) is -1.11. The molecule has 2 N–H and O–H groups in total. The SMILES string of the molecule is CCCCN(CCCC)C(=O)NOCC(=O)O. The van der Waals surface area contributed by atoms with E-state index < -0.39 is 12.6 Å². The number of hydrogen-bond acceptors (Lipinski definition) is 3. The van der Waals surface area contributed by atoms with Crippen LogP contribution in [-0.4, -0.2) is 41.7 Å². The second-order valence-electron chi connectivity index (χ2n) is 3.78. The normalized spacial score (nSPS) is 10.0. The molecule has 6 heteroatoms. The van der Waals surface area contributed by atoms with Gasteiger partial charge in [-0.2, -0.15) is 0 Å². The molecule has 0 aliphatic heterocycles. The molecule has 0 unspecified atom stereocenters. The van der Waals surface area contributed by atoms with Gasteiger partial charge in [0.15, 0.2) is 6.61 Å². The highest BCUT2D eigenvalue weighted by atomic mass is 16.7. The predicted octanol–water partition coefficient (Wildman–Crippen LogP) is 1.61. The lowest BCUT2D eigenvalue weighted by atomic mass is 10.3. The molecule has 0 saturated heterocycles. The van der Waals surface area contributed by atoms with Crippen LogP contribution < -0.4 is 5.48 Å². The Bertz CT molecular complexity index is 226. The first-order valence-corrected chi connectivity index (χ1v) is 6.00. The summed E-state index contributed by atoms with van der Waals surface area (Å²) in [6.07, 6.45) is 3.86. The molecule has 0 spiro atoms. The van der Waals surface area contributed by atoms with E-state index >= 15 is 0 Å². The smallest absolute Gasteiger partial charge is 0.341 e. The second kappa shape index (κ2) is 9.89. The van der Waals surface area contributed by atoms with Crippen molar-refractivity contribution >= 4 is 12.0 Å². The van der Waals surface area contributed by atoms with Gasteiger partial charge >= 0.3 is 12.0 Å². The van der Waals surface area contributed by atoms with Crippen molar-refractivity contribution < 1.29 is 19.5 Å². The van der Waals surface area contributed by atoms with Gasteiger partial charge < -0.3 is 10.0 Å². The summed E-state index contributed by atoms with van der Waals surface area (Å²) in [4.78, 5) is 28.0. The molecule has 2 amide bonds. The van der Waals surface area contributed by atoms with Gasteiger partial charge in [0.05, 0.1) is 0 Å². The molecule has 0 aliphatic rings. The van der Waals surface area contributed by atoms with Gasteiger partial charge in [0.25, 0.3) is 0 Å². The fourth-order valence-corrected chi connectivity index (χ4v) is 1.24. The topological polar surface area (TPSA) is 78.9 Å². The van der Waals surface area contributed by atoms with Crippen molar-refractivity contribution in [1.82, 2.24) is 10.4 Å². The van der Waals surface area contributed by atoms with Gasteiger partial charge in [0, 0.05) is 13.1 Å². The van der Waals surface area contributed by atoms with Crippen LogP contribution in [-0.2, 0) is 9.63 Å². The van der Waals surface area contributed by atoms with E-state index in [1.165, 1.54) is 0 Å². The summed E-state index contributed by atoms with van der Waals surface area (Å²) >= 11 is 0. The van der Waals surface area contributed by atoms with E-state index in [4.69, 9.17) is 5.11 Å². The first kappa shape index (κ1) is 15.7. The van der Waals surface area contributed by atoms with Crippen molar-refractivity contribution in [2.45, 2.75) is 39.5 Å². The number of nitrogens with zero attached hydrogens (tertiary/aromatic N) is 1. The molecule has 0 aromatic rings. The molecule has 0 fully saturated rings. The Hall–Kier alpha value is -1.30. The van der Waals surface area contributed by atoms with E-state index in [1.807, 2.05) is 0 Å². The molecule has 17 heavy (non-hydrogen) atoms. The van der Waals surface area contributed by atoms with Crippen LogP contribution in [0.2, 0.25) is 0 Å². The lowest BCUT2D eigenvalue weighted by Crippen LogP contribution is -2.41. The maximum Gasteiger partial charge on any atom is 0.341 e.